The van der Waals surface area contributed by atoms with E-state index in [1.165, 1.54) is 16.7 Å². The minimum absolute atomic E-state index is 0.657. The molecule has 1 aromatic carbocycles. The van der Waals surface area contributed by atoms with E-state index < -0.39 is 0 Å². The molecule has 90 valence electrons. The number of rotatable bonds is 6. The molecule has 1 N–H and O–H groups in total. The quantitative estimate of drug-likeness (QED) is 0.611. The molecule has 3 heteroatoms. The lowest BCUT2D eigenvalue weighted by Crippen LogP contribution is -2.19. The molecule has 0 radical (unpaired) electrons. The van der Waals surface area contributed by atoms with Gasteiger partial charge in [-0.05, 0) is 37.9 Å². The summed E-state index contributed by atoms with van der Waals surface area (Å²) in [5.41, 5.74) is 3.75. The lowest BCUT2D eigenvalue weighted by Gasteiger charge is -2.13. The van der Waals surface area contributed by atoms with Crippen LogP contribution in [-0.2, 0) is 6.42 Å². The fraction of sp³-hybridized carbons (Fsp3) is 0.538. The van der Waals surface area contributed by atoms with Crippen LogP contribution in [0.2, 0.25) is 0 Å². The molecule has 0 bridgehead atoms. The third-order valence-electron chi connectivity index (χ3n) is 2.54. The van der Waals surface area contributed by atoms with E-state index in [4.69, 9.17) is 16.3 Å². The van der Waals surface area contributed by atoms with Gasteiger partial charge in [0.2, 0.25) is 0 Å². The Bertz CT molecular complexity index is 339. The van der Waals surface area contributed by atoms with Gasteiger partial charge in [0.05, 0.1) is 7.11 Å². The summed E-state index contributed by atoms with van der Waals surface area (Å²) in [5.74, 6) is 1.67. The first-order valence-corrected chi connectivity index (χ1v) is 6.13. The van der Waals surface area contributed by atoms with Gasteiger partial charge >= 0.3 is 0 Å². The second-order valence-corrected chi connectivity index (χ2v) is 4.34. The Morgan fingerprint density at radius 3 is 2.62 bits per heavy atom. The Hall–Kier alpha value is -0.730. The summed E-state index contributed by atoms with van der Waals surface area (Å²) in [6, 6.07) is 4.34. The van der Waals surface area contributed by atoms with Gasteiger partial charge in [0.15, 0.2) is 0 Å². The van der Waals surface area contributed by atoms with Crippen molar-refractivity contribution in [2.45, 2.75) is 20.3 Å². The first kappa shape index (κ1) is 13.3. The molecule has 1 rings (SSSR count). The van der Waals surface area contributed by atoms with Gasteiger partial charge in [-0.2, -0.15) is 0 Å². The molecule has 2 nitrogen and oxygen atoms in total. The Labute approximate surface area is 103 Å². The van der Waals surface area contributed by atoms with Gasteiger partial charge in [0.25, 0.3) is 0 Å². The molecule has 0 saturated carbocycles. The van der Waals surface area contributed by atoms with Crippen LogP contribution >= 0.6 is 11.6 Å². The van der Waals surface area contributed by atoms with Crippen molar-refractivity contribution in [2.75, 3.05) is 26.1 Å². The van der Waals surface area contributed by atoms with Crippen LogP contribution in [0.4, 0.5) is 0 Å². The molecule has 0 aliphatic heterocycles. The smallest absolute Gasteiger partial charge is 0.125 e. The number of halogens is 1. The third-order valence-corrected chi connectivity index (χ3v) is 2.73. The highest BCUT2D eigenvalue weighted by Crippen LogP contribution is 2.25. The summed E-state index contributed by atoms with van der Waals surface area (Å²) < 4.78 is 5.43. The normalized spacial score (nSPS) is 10.5. The summed E-state index contributed by atoms with van der Waals surface area (Å²) in [6.45, 7) is 5.99. The number of hydrogen-bond acceptors (Lipinski definition) is 2. The molecule has 0 atom stereocenters. The molecule has 0 heterocycles. The van der Waals surface area contributed by atoms with Crippen LogP contribution in [0.3, 0.4) is 0 Å². The van der Waals surface area contributed by atoms with Crippen LogP contribution in [0, 0.1) is 13.8 Å². The minimum Gasteiger partial charge on any atom is -0.496 e. The van der Waals surface area contributed by atoms with E-state index in [0.29, 0.717) is 5.88 Å². The maximum Gasteiger partial charge on any atom is 0.125 e. The topological polar surface area (TPSA) is 21.3 Å². The molecule has 16 heavy (non-hydrogen) atoms. The monoisotopic (exact) mass is 241 g/mol. The van der Waals surface area contributed by atoms with Crippen LogP contribution in [0.25, 0.3) is 0 Å². The van der Waals surface area contributed by atoms with Crippen LogP contribution in [0.15, 0.2) is 12.1 Å². The predicted molar refractivity (Wildman–Crippen MR) is 69.8 cm³/mol. The van der Waals surface area contributed by atoms with Crippen LogP contribution in [0.1, 0.15) is 16.7 Å². The van der Waals surface area contributed by atoms with Crippen LogP contribution in [0.5, 0.6) is 5.75 Å². The highest BCUT2D eigenvalue weighted by atomic mass is 35.5. The number of aryl methyl sites for hydroxylation is 2. The van der Waals surface area contributed by atoms with Gasteiger partial charge < -0.3 is 10.1 Å². The molecule has 0 aromatic heterocycles. The number of methoxy groups -OCH3 is 1. The van der Waals surface area contributed by atoms with Gasteiger partial charge in [-0.15, -0.1) is 11.6 Å². The number of alkyl halides is 1. The van der Waals surface area contributed by atoms with E-state index in [9.17, 15) is 0 Å². The largest absolute Gasteiger partial charge is 0.496 e. The zero-order chi connectivity index (χ0) is 12.0. The zero-order valence-electron chi connectivity index (χ0n) is 10.3. The SMILES string of the molecule is COc1c(C)cc(C)cc1CCNCCCl. The van der Waals surface area contributed by atoms with Crippen LogP contribution in [-0.4, -0.2) is 26.1 Å². The van der Waals surface area contributed by atoms with Crippen molar-refractivity contribution < 1.29 is 4.74 Å². The van der Waals surface area contributed by atoms with Crippen molar-refractivity contribution in [1.82, 2.24) is 5.32 Å². The number of benzene rings is 1. The highest BCUT2D eigenvalue weighted by Gasteiger charge is 2.06. The van der Waals surface area contributed by atoms with Crippen molar-refractivity contribution in [3.63, 3.8) is 0 Å². The minimum atomic E-state index is 0.657. The first-order valence-electron chi connectivity index (χ1n) is 5.59. The molecular weight excluding hydrogens is 222 g/mol. The molecular formula is C13H20ClNO. The Kier molecular flexibility index (Phi) is 5.64. The lowest BCUT2D eigenvalue weighted by molar-refractivity contribution is 0.406. The molecule has 0 fully saturated rings. The Morgan fingerprint density at radius 1 is 1.25 bits per heavy atom. The predicted octanol–water partition coefficient (Wildman–Crippen LogP) is 2.68. The maximum atomic E-state index is 5.61. The van der Waals surface area contributed by atoms with E-state index >= 15 is 0 Å². The zero-order valence-corrected chi connectivity index (χ0v) is 11.0. The average Bonchev–Trinajstić information content (AvgIpc) is 2.24. The molecule has 0 aliphatic rings. The first-order chi connectivity index (χ1) is 7.69. The average molecular weight is 242 g/mol. The summed E-state index contributed by atoms with van der Waals surface area (Å²) in [4.78, 5) is 0. The van der Waals surface area contributed by atoms with Gasteiger partial charge in [-0.1, -0.05) is 17.7 Å². The van der Waals surface area contributed by atoms with E-state index in [0.717, 1.165) is 25.3 Å². The fourth-order valence-electron chi connectivity index (χ4n) is 1.93. The lowest BCUT2D eigenvalue weighted by atomic mass is 10.0. The third kappa shape index (κ3) is 3.69. The summed E-state index contributed by atoms with van der Waals surface area (Å²) >= 11 is 5.61. The van der Waals surface area contributed by atoms with Crippen LogP contribution < -0.4 is 10.1 Å². The Balaban J connectivity index is 2.69. The maximum absolute atomic E-state index is 5.61. The van der Waals surface area contributed by atoms with Crippen molar-refractivity contribution >= 4 is 11.6 Å². The standard InChI is InChI=1S/C13H20ClNO/c1-10-8-11(2)13(16-3)12(9-10)4-6-15-7-5-14/h8-9,15H,4-7H2,1-3H3. The van der Waals surface area contributed by atoms with Crippen molar-refractivity contribution in [1.29, 1.82) is 0 Å². The molecule has 1 aromatic rings. The molecule has 0 spiro atoms. The van der Waals surface area contributed by atoms with Crippen molar-refractivity contribution in [2.24, 2.45) is 0 Å². The molecule has 0 aliphatic carbocycles. The van der Waals surface area contributed by atoms with Gasteiger partial charge in [0.1, 0.15) is 5.75 Å². The second-order valence-electron chi connectivity index (χ2n) is 3.96. The second kappa shape index (κ2) is 6.77. The summed E-state index contributed by atoms with van der Waals surface area (Å²) in [5, 5.41) is 3.29. The summed E-state index contributed by atoms with van der Waals surface area (Å²) in [6.07, 6.45) is 0.975. The summed E-state index contributed by atoms with van der Waals surface area (Å²) in [7, 11) is 1.73. The van der Waals surface area contributed by atoms with Gasteiger partial charge in [-0.25, -0.2) is 0 Å². The van der Waals surface area contributed by atoms with Gasteiger partial charge in [0, 0.05) is 12.4 Å². The van der Waals surface area contributed by atoms with Gasteiger partial charge in [-0.3, -0.25) is 0 Å². The fourth-order valence-corrected chi connectivity index (χ4v) is 2.07. The van der Waals surface area contributed by atoms with E-state index in [-0.39, 0.29) is 0 Å². The highest BCUT2D eigenvalue weighted by molar-refractivity contribution is 6.18. The number of hydrogen-bond donors (Lipinski definition) is 1. The van der Waals surface area contributed by atoms with E-state index in [2.05, 4.69) is 31.3 Å². The molecule has 0 unspecified atom stereocenters. The van der Waals surface area contributed by atoms with Crippen molar-refractivity contribution in [3.8, 4) is 5.75 Å². The number of ether oxygens (including phenoxy) is 1. The molecule has 0 amide bonds. The number of nitrogens with one attached hydrogen (secondary N) is 1. The Morgan fingerprint density at radius 2 is 2.00 bits per heavy atom. The van der Waals surface area contributed by atoms with E-state index in [1.807, 2.05) is 0 Å². The molecule has 0 saturated heterocycles. The van der Waals surface area contributed by atoms with Crippen molar-refractivity contribution in [3.05, 3.63) is 28.8 Å². The van der Waals surface area contributed by atoms with E-state index in [1.54, 1.807) is 7.11 Å².